The number of benzene rings is 3. The molecule has 3 N–H and O–H groups in total. The van der Waals surface area contributed by atoms with Crippen molar-refractivity contribution < 1.29 is 85.6 Å². The Bertz CT molecular complexity index is 3050. The minimum absolute atomic E-state index is 0.197. The fourth-order valence-electron chi connectivity index (χ4n) is 11.5. The molecule has 0 saturated heterocycles. The van der Waals surface area contributed by atoms with Gasteiger partial charge in [-0.15, -0.1) is 0 Å². The molecule has 114 heavy (non-hydrogen) atoms. The second-order valence-electron chi connectivity index (χ2n) is 31.3. The molecule has 3 aromatic rings. The lowest BCUT2D eigenvalue weighted by molar-refractivity contribution is -0.145. The van der Waals surface area contributed by atoms with E-state index in [0.717, 1.165) is 139 Å². The van der Waals surface area contributed by atoms with Crippen LogP contribution in [0.4, 0.5) is 0 Å². The van der Waals surface area contributed by atoms with Gasteiger partial charge in [0.2, 0.25) is 0 Å². The zero-order valence-corrected chi connectivity index (χ0v) is 71.3. The van der Waals surface area contributed by atoms with Crippen molar-refractivity contribution in [3.05, 3.63) is 126 Å². The molecule has 3 aliphatic carbocycles. The van der Waals surface area contributed by atoms with Crippen molar-refractivity contribution in [2.75, 3.05) is 98.9 Å². The molecule has 0 bridgehead atoms. The molecule has 0 aliphatic heterocycles. The molecule has 21 heteroatoms. The predicted octanol–water partition coefficient (Wildman–Crippen LogP) is 17.4. The minimum atomic E-state index is -0.617. The summed E-state index contributed by atoms with van der Waals surface area (Å²) in [6, 6.07) is 24.4. The number of hydrogen-bond acceptors (Lipinski definition) is 21. The quantitative estimate of drug-likeness (QED) is 0.0206. The van der Waals surface area contributed by atoms with E-state index in [1.807, 2.05) is 114 Å². The highest BCUT2D eigenvalue weighted by molar-refractivity contribution is 5.93. The number of ether oxygens (including phenoxy) is 12. The average molecular weight is 1600 g/mol. The van der Waals surface area contributed by atoms with Crippen molar-refractivity contribution in [1.29, 1.82) is 0 Å². The fraction of sp³-hybridized carbons (Fsp3) is 0.677. The molecule has 3 atom stereocenters. The van der Waals surface area contributed by atoms with Crippen molar-refractivity contribution in [3.63, 3.8) is 0 Å². The van der Waals surface area contributed by atoms with Gasteiger partial charge >= 0.3 is 35.8 Å². The first kappa shape index (κ1) is 99.2. The Hall–Kier alpha value is -7.14. The van der Waals surface area contributed by atoms with Gasteiger partial charge in [0.15, 0.2) is 0 Å². The summed E-state index contributed by atoms with van der Waals surface area (Å²) in [4.78, 5) is 72.2. The number of rotatable bonds is 66. The largest absolute Gasteiger partial charge is 0.490 e. The lowest BCUT2D eigenvalue weighted by Gasteiger charge is -2.20. The van der Waals surface area contributed by atoms with Crippen LogP contribution >= 0.6 is 0 Å². The van der Waals surface area contributed by atoms with E-state index in [9.17, 15) is 28.8 Å². The number of carbonyl (C=O) groups excluding carboxylic acids is 6. The van der Waals surface area contributed by atoms with E-state index in [1.54, 1.807) is 6.92 Å². The summed E-state index contributed by atoms with van der Waals surface area (Å²) < 4.78 is 66.5. The molecule has 0 heterocycles. The van der Waals surface area contributed by atoms with Crippen LogP contribution in [0.1, 0.15) is 252 Å². The zero-order chi connectivity index (χ0) is 82.3. The summed E-state index contributed by atoms with van der Waals surface area (Å²) >= 11 is 0. The number of nitrogens with one attached hydrogen (secondary N) is 3. The van der Waals surface area contributed by atoms with Crippen LogP contribution in [-0.2, 0) is 90.7 Å². The Morgan fingerprint density at radius 3 is 0.816 bits per heavy atom. The molecule has 3 aliphatic rings. The highest BCUT2D eigenvalue weighted by Crippen LogP contribution is 2.30. The van der Waals surface area contributed by atoms with Gasteiger partial charge in [0.1, 0.15) is 55.4 Å². The molecule has 642 valence electrons. The van der Waals surface area contributed by atoms with Crippen LogP contribution in [-0.4, -0.2) is 171 Å². The number of hydrogen-bond donors (Lipinski definition) is 3. The molecule has 21 nitrogen and oxygen atoms in total. The zero-order valence-electron chi connectivity index (χ0n) is 71.3. The smallest absolute Gasteiger partial charge is 0.331 e. The van der Waals surface area contributed by atoms with Gasteiger partial charge in [-0.25, -0.2) is 28.8 Å². The van der Waals surface area contributed by atoms with Crippen LogP contribution in [0.2, 0.25) is 0 Å². The third kappa shape index (κ3) is 57.8. The van der Waals surface area contributed by atoms with Crippen molar-refractivity contribution >= 4 is 35.8 Å². The number of esters is 6. The van der Waals surface area contributed by atoms with Gasteiger partial charge in [0, 0.05) is 94.0 Å². The fourth-order valence-corrected chi connectivity index (χ4v) is 11.5. The maximum atomic E-state index is 12.4. The third-order valence-electron chi connectivity index (χ3n) is 19.0. The lowest BCUT2D eigenvalue weighted by Crippen LogP contribution is -2.38. The molecule has 0 spiro atoms. The van der Waals surface area contributed by atoms with Crippen LogP contribution in [0.25, 0.3) is 0 Å². The Balaban J connectivity index is 0.000000365. The first-order valence-electron chi connectivity index (χ1n) is 43.6. The van der Waals surface area contributed by atoms with Gasteiger partial charge in [-0.1, -0.05) is 214 Å². The monoisotopic (exact) mass is 1590 g/mol. The van der Waals surface area contributed by atoms with Gasteiger partial charge < -0.3 is 72.8 Å². The van der Waals surface area contributed by atoms with Crippen LogP contribution < -0.4 is 30.2 Å². The molecular formula is C93H147N3O18. The summed E-state index contributed by atoms with van der Waals surface area (Å²) in [6.45, 7) is 26.0. The number of carbonyl (C=O) groups is 6. The normalized spacial score (nSPS) is 14.1. The molecule has 3 aromatic carbocycles. The lowest BCUT2D eigenvalue weighted by atomic mass is 10.1. The molecule has 3 fully saturated rings. The summed E-state index contributed by atoms with van der Waals surface area (Å²) in [6.07, 6.45) is 41.5. The molecule has 0 aromatic heterocycles. The van der Waals surface area contributed by atoms with Gasteiger partial charge in [-0.05, 0) is 148 Å². The molecule has 3 saturated carbocycles. The van der Waals surface area contributed by atoms with Crippen molar-refractivity contribution in [1.82, 2.24) is 16.0 Å². The maximum Gasteiger partial charge on any atom is 0.331 e. The second-order valence-corrected chi connectivity index (χ2v) is 31.3. The van der Waals surface area contributed by atoms with Crippen LogP contribution in [0.5, 0.6) is 17.2 Å². The maximum absolute atomic E-state index is 12.4. The van der Waals surface area contributed by atoms with Crippen LogP contribution in [0.15, 0.2) is 109 Å². The third-order valence-corrected chi connectivity index (χ3v) is 19.0. The Morgan fingerprint density at radius 2 is 0.570 bits per heavy atom. The Morgan fingerprint density at radius 1 is 0.325 bits per heavy atom. The summed E-state index contributed by atoms with van der Waals surface area (Å²) in [5, 5.41) is 9.80. The van der Waals surface area contributed by atoms with E-state index in [-0.39, 0.29) is 44.6 Å². The van der Waals surface area contributed by atoms with Crippen LogP contribution in [0, 0.1) is 17.8 Å². The van der Waals surface area contributed by atoms with E-state index >= 15 is 0 Å². The van der Waals surface area contributed by atoms with Crippen molar-refractivity contribution in [2.24, 2.45) is 17.8 Å². The Labute approximate surface area is 685 Å². The van der Waals surface area contributed by atoms with Gasteiger partial charge in [0.25, 0.3) is 0 Å². The summed E-state index contributed by atoms with van der Waals surface area (Å²) in [5.74, 6) is 1.04. The second kappa shape index (κ2) is 65.0. The summed E-state index contributed by atoms with van der Waals surface area (Å²) in [7, 11) is 0. The molecule has 3 unspecified atom stereocenters. The number of unbranched alkanes of at least 4 members (excludes halogenated alkanes) is 19. The average Bonchev–Trinajstić information content (AvgIpc) is 0.992. The predicted molar refractivity (Wildman–Crippen MR) is 451 cm³/mol. The Kier molecular flexibility index (Phi) is 56.5. The van der Waals surface area contributed by atoms with E-state index in [2.05, 4.69) is 29.8 Å². The van der Waals surface area contributed by atoms with E-state index < -0.39 is 54.1 Å². The SMILES string of the molecule is CCCCCCCCCCCCCOC(=O)/C=C\C(=O)OC(CNC(C)C)COc1ccc(CCOCC2CC2)cc1.CCCCCCCCCCCCOC(=O)/C=C\C(=O)OC(CNC(C)C)COc1ccc(CCOCC2CC2)cc1.CCOC(=O)/C=C/C(=O)OC(CNC(C)C)COc1ccc(CCOCC2CC2)cc1. The molecule has 6 rings (SSSR count). The van der Waals surface area contributed by atoms with E-state index in [1.165, 1.54) is 164 Å². The first-order chi connectivity index (χ1) is 55.4. The van der Waals surface area contributed by atoms with E-state index in [0.29, 0.717) is 50.1 Å². The topological polar surface area (TPSA) is 249 Å². The molecule has 0 radical (unpaired) electrons. The van der Waals surface area contributed by atoms with Gasteiger partial charge in [-0.3, -0.25) is 0 Å². The summed E-state index contributed by atoms with van der Waals surface area (Å²) in [5.41, 5.74) is 3.59. The standard InChI is InChI=1S/C35H57NO6.C34H55NO6.C24H35NO6/c1-4-5-6-7-8-9-10-11-12-13-14-24-40-34(37)21-22-35(38)42-33(26-36-29(2)3)28-41-32-19-17-30(18-20-32)23-25-39-27-31-15-16-31;1-4-5-6-7-8-9-10-11-12-13-23-39-33(36)20-21-34(37)41-32(25-35-28(2)3)27-40-31-18-16-29(17-19-31)22-24-38-26-30-14-15-30;1-4-29-23(26)11-12-24(27)31-22(15-25-18(2)3)17-30-21-9-7-19(8-10-21)13-14-28-16-20-5-6-20/h17-22,29,31,33,36H,4-16,23-28H2,1-3H3;16-21,28,30,32,35H,4-15,22-27H2,1-3H3;7-12,18,20,22,25H,4-6,13-17H2,1-3H3/b22-21-;21-20-;12-11+. The van der Waals surface area contributed by atoms with E-state index in [4.69, 9.17) is 56.8 Å². The van der Waals surface area contributed by atoms with Gasteiger partial charge in [0.05, 0.1) is 39.6 Å². The van der Waals surface area contributed by atoms with Crippen molar-refractivity contribution in [3.8, 4) is 17.2 Å². The minimum Gasteiger partial charge on any atom is -0.490 e. The van der Waals surface area contributed by atoms with Crippen molar-refractivity contribution in [2.45, 2.75) is 291 Å². The first-order valence-corrected chi connectivity index (χ1v) is 43.6. The molecular weight excluding hydrogens is 1450 g/mol. The van der Waals surface area contributed by atoms with Gasteiger partial charge in [-0.2, -0.15) is 0 Å². The van der Waals surface area contributed by atoms with Crippen LogP contribution in [0.3, 0.4) is 0 Å². The highest BCUT2D eigenvalue weighted by atomic mass is 16.6. The molecule has 0 amide bonds. The highest BCUT2D eigenvalue weighted by Gasteiger charge is 2.24.